The molecule has 0 aliphatic heterocycles. The number of anilines is 1. The molecule has 0 spiro atoms. The Morgan fingerprint density at radius 1 is 1.41 bits per heavy atom. The topological polar surface area (TPSA) is 56.2 Å². The summed E-state index contributed by atoms with van der Waals surface area (Å²) in [5, 5.41) is 3.57. The molecule has 1 unspecified atom stereocenters. The first-order chi connectivity index (χ1) is 7.80. The van der Waals surface area contributed by atoms with Gasteiger partial charge in [0.25, 0.3) is 0 Å². The first kappa shape index (κ1) is 11.6. The molecule has 1 atom stereocenters. The fourth-order valence-corrected chi connectivity index (χ4v) is 1.46. The highest BCUT2D eigenvalue weighted by molar-refractivity contribution is 5.50. The summed E-state index contributed by atoms with van der Waals surface area (Å²) >= 11 is 0. The zero-order valence-electron chi connectivity index (χ0n) is 8.66. The molecule has 2 aromatic rings. The highest BCUT2D eigenvalue weighted by atomic mass is 19.4. The van der Waals surface area contributed by atoms with Crippen molar-refractivity contribution in [3.63, 3.8) is 0 Å². The smallest absolute Gasteiger partial charge is 0.367 e. The predicted octanol–water partition coefficient (Wildman–Crippen LogP) is 2.12. The van der Waals surface area contributed by atoms with E-state index in [1.807, 2.05) is 0 Å². The van der Waals surface area contributed by atoms with E-state index in [9.17, 15) is 17.6 Å². The molecule has 17 heavy (non-hydrogen) atoms. The van der Waals surface area contributed by atoms with Crippen molar-refractivity contribution in [1.82, 2.24) is 14.6 Å². The van der Waals surface area contributed by atoms with Crippen LogP contribution in [0.4, 0.5) is 23.5 Å². The van der Waals surface area contributed by atoms with E-state index in [4.69, 9.17) is 5.73 Å². The minimum absolute atomic E-state index is 0.134. The molecular formula is C9H8F4N4. The van der Waals surface area contributed by atoms with Crippen LogP contribution in [-0.2, 0) is 0 Å². The van der Waals surface area contributed by atoms with Gasteiger partial charge in [-0.25, -0.2) is 13.9 Å². The second-order valence-electron chi connectivity index (χ2n) is 3.59. The van der Waals surface area contributed by atoms with Crippen LogP contribution in [0.25, 0.3) is 5.52 Å². The van der Waals surface area contributed by atoms with Gasteiger partial charge in [0.2, 0.25) is 5.95 Å². The van der Waals surface area contributed by atoms with Crippen molar-refractivity contribution in [2.45, 2.75) is 19.0 Å². The third kappa shape index (κ3) is 1.90. The SMILES string of the molecule is CC(c1cc(F)c2cnc(N)nn12)C(F)(F)F. The Bertz CT molecular complexity index is 560. The van der Waals surface area contributed by atoms with Crippen LogP contribution in [0.15, 0.2) is 12.3 Å². The van der Waals surface area contributed by atoms with Gasteiger partial charge in [0.05, 0.1) is 17.8 Å². The predicted molar refractivity (Wildman–Crippen MR) is 51.8 cm³/mol. The van der Waals surface area contributed by atoms with Gasteiger partial charge in [-0.15, -0.1) is 5.10 Å². The highest BCUT2D eigenvalue weighted by Crippen LogP contribution is 2.35. The van der Waals surface area contributed by atoms with E-state index in [0.29, 0.717) is 0 Å². The largest absolute Gasteiger partial charge is 0.396 e. The first-order valence-corrected chi connectivity index (χ1v) is 4.67. The number of hydrogen-bond acceptors (Lipinski definition) is 3. The second-order valence-corrected chi connectivity index (χ2v) is 3.59. The van der Waals surface area contributed by atoms with Crippen molar-refractivity contribution in [3.8, 4) is 0 Å². The minimum atomic E-state index is -4.47. The van der Waals surface area contributed by atoms with Gasteiger partial charge in [0.15, 0.2) is 5.82 Å². The number of alkyl halides is 3. The summed E-state index contributed by atoms with van der Waals surface area (Å²) in [6.07, 6.45) is -3.43. The Kier molecular flexibility index (Phi) is 2.44. The maximum atomic E-state index is 13.4. The molecule has 2 heterocycles. The second kappa shape index (κ2) is 3.57. The van der Waals surface area contributed by atoms with Crippen LogP contribution >= 0.6 is 0 Å². The molecule has 2 rings (SSSR count). The molecule has 0 saturated heterocycles. The van der Waals surface area contributed by atoms with Gasteiger partial charge in [-0.05, 0) is 13.0 Å². The number of nitrogens with zero attached hydrogens (tertiary/aromatic N) is 3. The maximum absolute atomic E-state index is 13.4. The molecule has 4 nitrogen and oxygen atoms in total. The van der Waals surface area contributed by atoms with Crippen LogP contribution in [0.1, 0.15) is 18.5 Å². The Hall–Kier alpha value is -1.86. The zero-order chi connectivity index (χ0) is 12.8. The third-order valence-corrected chi connectivity index (χ3v) is 2.45. The Morgan fingerprint density at radius 3 is 2.65 bits per heavy atom. The van der Waals surface area contributed by atoms with E-state index in [-0.39, 0.29) is 17.2 Å². The number of halogens is 4. The third-order valence-electron chi connectivity index (χ3n) is 2.45. The van der Waals surface area contributed by atoms with E-state index < -0.39 is 17.9 Å². The van der Waals surface area contributed by atoms with E-state index in [0.717, 1.165) is 23.7 Å². The fourth-order valence-electron chi connectivity index (χ4n) is 1.46. The summed E-state index contributed by atoms with van der Waals surface area (Å²) in [6.45, 7) is 0.930. The quantitative estimate of drug-likeness (QED) is 0.786. The average molecular weight is 248 g/mol. The molecule has 0 saturated carbocycles. The van der Waals surface area contributed by atoms with Crippen molar-refractivity contribution < 1.29 is 17.6 Å². The normalized spacial score (nSPS) is 14.2. The van der Waals surface area contributed by atoms with Gasteiger partial charge >= 0.3 is 6.18 Å². The lowest BCUT2D eigenvalue weighted by Crippen LogP contribution is -2.20. The average Bonchev–Trinajstić information content (AvgIpc) is 2.53. The van der Waals surface area contributed by atoms with E-state index in [2.05, 4.69) is 10.1 Å². The monoisotopic (exact) mass is 248 g/mol. The van der Waals surface area contributed by atoms with Gasteiger partial charge < -0.3 is 5.73 Å². The summed E-state index contributed by atoms with van der Waals surface area (Å²) in [4.78, 5) is 3.53. The number of fused-ring (bicyclic) bond motifs is 1. The summed E-state index contributed by atoms with van der Waals surface area (Å²) in [7, 11) is 0. The molecule has 0 amide bonds. The number of hydrogen-bond donors (Lipinski definition) is 1. The molecule has 0 fully saturated rings. The van der Waals surface area contributed by atoms with E-state index in [1.165, 1.54) is 0 Å². The van der Waals surface area contributed by atoms with Gasteiger partial charge in [0.1, 0.15) is 5.52 Å². The molecular weight excluding hydrogens is 240 g/mol. The molecule has 92 valence electrons. The molecule has 8 heteroatoms. The van der Waals surface area contributed by atoms with Crippen molar-refractivity contribution in [2.75, 3.05) is 5.73 Å². The number of aromatic nitrogens is 3. The summed E-state index contributed by atoms with van der Waals surface area (Å²) in [5.74, 6) is -2.87. The number of nitrogens with two attached hydrogens (primary N) is 1. The van der Waals surface area contributed by atoms with E-state index >= 15 is 0 Å². The van der Waals surface area contributed by atoms with Gasteiger partial charge in [-0.1, -0.05) is 0 Å². The molecule has 2 N–H and O–H groups in total. The Morgan fingerprint density at radius 2 is 2.06 bits per heavy atom. The van der Waals surface area contributed by atoms with Crippen molar-refractivity contribution in [3.05, 3.63) is 23.8 Å². The van der Waals surface area contributed by atoms with Crippen LogP contribution in [0.2, 0.25) is 0 Å². The fraction of sp³-hybridized carbons (Fsp3) is 0.333. The lowest BCUT2D eigenvalue weighted by molar-refractivity contribution is -0.147. The van der Waals surface area contributed by atoms with E-state index in [1.54, 1.807) is 0 Å². The van der Waals surface area contributed by atoms with Crippen LogP contribution < -0.4 is 5.73 Å². The highest BCUT2D eigenvalue weighted by Gasteiger charge is 2.39. The zero-order valence-corrected chi connectivity index (χ0v) is 8.66. The van der Waals surface area contributed by atoms with Gasteiger partial charge in [0, 0.05) is 0 Å². The molecule has 0 aliphatic rings. The minimum Gasteiger partial charge on any atom is -0.367 e. The summed E-state index contributed by atoms with van der Waals surface area (Å²) < 4.78 is 51.9. The summed E-state index contributed by atoms with van der Waals surface area (Å²) in [6, 6.07) is 0.793. The molecule has 2 aromatic heterocycles. The van der Waals surface area contributed by atoms with Crippen LogP contribution in [-0.4, -0.2) is 20.8 Å². The van der Waals surface area contributed by atoms with Crippen molar-refractivity contribution in [2.24, 2.45) is 0 Å². The van der Waals surface area contributed by atoms with Crippen molar-refractivity contribution in [1.29, 1.82) is 0 Å². The Balaban J connectivity index is 2.66. The van der Waals surface area contributed by atoms with Crippen LogP contribution in [0.5, 0.6) is 0 Å². The van der Waals surface area contributed by atoms with Crippen LogP contribution in [0.3, 0.4) is 0 Å². The molecule has 0 aliphatic carbocycles. The molecule has 0 radical (unpaired) electrons. The van der Waals surface area contributed by atoms with Gasteiger partial charge in [-0.3, -0.25) is 0 Å². The maximum Gasteiger partial charge on any atom is 0.396 e. The number of rotatable bonds is 1. The molecule has 0 aromatic carbocycles. The van der Waals surface area contributed by atoms with Crippen molar-refractivity contribution >= 4 is 11.5 Å². The lowest BCUT2D eigenvalue weighted by atomic mass is 10.1. The number of nitrogen functional groups attached to an aromatic ring is 1. The van der Waals surface area contributed by atoms with Gasteiger partial charge in [-0.2, -0.15) is 13.2 Å². The summed E-state index contributed by atoms with van der Waals surface area (Å²) in [5.41, 5.74) is 4.82. The lowest BCUT2D eigenvalue weighted by Gasteiger charge is -2.14. The standard InChI is InChI=1S/C9H8F4N4/c1-4(9(11,12)13)6-2-5(10)7-3-15-8(14)16-17(6)7/h2-4H,1H3,(H2,14,16). The Labute approximate surface area is 93.1 Å². The van der Waals surface area contributed by atoms with Crippen LogP contribution in [0, 0.1) is 5.82 Å². The first-order valence-electron chi connectivity index (χ1n) is 4.67. The molecule has 0 bridgehead atoms.